The van der Waals surface area contributed by atoms with Gasteiger partial charge in [-0.1, -0.05) is 19.1 Å². The van der Waals surface area contributed by atoms with Crippen molar-refractivity contribution in [2.24, 2.45) is 5.73 Å². The van der Waals surface area contributed by atoms with Crippen LogP contribution in [0.2, 0.25) is 0 Å². The van der Waals surface area contributed by atoms with Crippen LogP contribution >= 0.6 is 0 Å². The molecule has 0 saturated heterocycles. The molecular weight excluding hydrogens is 203 g/mol. The topological polar surface area (TPSA) is 29.3 Å². The Morgan fingerprint density at radius 1 is 1.31 bits per heavy atom. The molecule has 1 atom stereocenters. The number of rotatable bonds is 6. The summed E-state index contributed by atoms with van der Waals surface area (Å²) >= 11 is 0. The molecule has 0 radical (unpaired) electrons. The second-order valence-corrected chi connectivity index (χ2v) is 3.99. The Bertz CT molecular complexity index is 315. The first-order valence-corrected chi connectivity index (χ1v) is 5.94. The molecule has 0 spiro atoms. The van der Waals surface area contributed by atoms with Gasteiger partial charge in [0.05, 0.1) is 5.69 Å². The normalized spacial score (nSPS) is 12.5. The molecule has 0 aliphatic rings. The van der Waals surface area contributed by atoms with E-state index in [0.717, 1.165) is 25.9 Å². The quantitative estimate of drug-likeness (QED) is 0.805. The van der Waals surface area contributed by atoms with Crippen molar-refractivity contribution in [2.75, 3.05) is 18.0 Å². The van der Waals surface area contributed by atoms with E-state index in [9.17, 15) is 4.39 Å². The summed E-state index contributed by atoms with van der Waals surface area (Å²) in [4.78, 5) is 2.03. The average molecular weight is 224 g/mol. The van der Waals surface area contributed by atoms with Crippen LogP contribution in [-0.2, 0) is 0 Å². The van der Waals surface area contributed by atoms with Gasteiger partial charge in [0.15, 0.2) is 0 Å². The molecule has 3 heteroatoms. The van der Waals surface area contributed by atoms with Crippen LogP contribution in [0, 0.1) is 5.82 Å². The Morgan fingerprint density at radius 3 is 2.56 bits per heavy atom. The maximum Gasteiger partial charge on any atom is 0.146 e. The maximum atomic E-state index is 13.6. The van der Waals surface area contributed by atoms with Crippen LogP contribution < -0.4 is 10.6 Å². The maximum absolute atomic E-state index is 13.6. The van der Waals surface area contributed by atoms with Gasteiger partial charge in [-0.15, -0.1) is 0 Å². The molecule has 0 amide bonds. The molecule has 1 unspecified atom stereocenters. The van der Waals surface area contributed by atoms with E-state index >= 15 is 0 Å². The van der Waals surface area contributed by atoms with Gasteiger partial charge in [0.25, 0.3) is 0 Å². The molecule has 1 aromatic rings. The van der Waals surface area contributed by atoms with E-state index in [1.54, 1.807) is 6.07 Å². The number of benzene rings is 1. The predicted molar refractivity (Wildman–Crippen MR) is 67.2 cm³/mol. The zero-order chi connectivity index (χ0) is 12.0. The van der Waals surface area contributed by atoms with E-state index in [1.807, 2.05) is 24.0 Å². The number of nitrogens with zero attached hydrogens (tertiary/aromatic N) is 1. The van der Waals surface area contributed by atoms with E-state index in [-0.39, 0.29) is 11.9 Å². The zero-order valence-electron chi connectivity index (χ0n) is 10.1. The fourth-order valence-electron chi connectivity index (χ4n) is 1.68. The summed E-state index contributed by atoms with van der Waals surface area (Å²) in [5, 5.41) is 0. The molecule has 16 heavy (non-hydrogen) atoms. The van der Waals surface area contributed by atoms with Crippen LogP contribution in [0.3, 0.4) is 0 Å². The molecule has 2 nitrogen and oxygen atoms in total. The highest BCUT2D eigenvalue weighted by molar-refractivity contribution is 5.47. The minimum Gasteiger partial charge on any atom is -0.369 e. The van der Waals surface area contributed by atoms with Crippen molar-refractivity contribution in [2.45, 2.75) is 32.7 Å². The van der Waals surface area contributed by atoms with Crippen LogP contribution in [-0.4, -0.2) is 19.1 Å². The number of hydrogen-bond acceptors (Lipinski definition) is 2. The van der Waals surface area contributed by atoms with Crippen molar-refractivity contribution in [1.82, 2.24) is 0 Å². The molecule has 0 bridgehead atoms. The van der Waals surface area contributed by atoms with Crippen LogP contribution in [0.4, 0.5) is 10.1 Å². The molecule has 0 aromatic heterocycles. The predicted octanol–water partition coefficient (Wildman–Crippen LogP) is 2.78. The average Bonchev–Trinajstić information content (AvgIpc) is 2.31. The van der Waals surface area contributed by atoms with Gasteiger partial charge in [-0.2, -0.15) is 0 Å². The minimum atomic E-state index is -0.158. The molecular formula is C13H21FN2. The van der Waals surface area contributed by atoms with Crippen LogP contribution in [0.5, 0.6) is 0 Å². The van der Waals surface area contributed by atoms with Crippen LogP contribution in [0.1, 0.15) is 26.7 Å². The van der Waals surface area contributed by atoms with Crippen molar-refractivity contribution < 1.29 is 4.39 Å². The van der Waals surface area contributed by atoms with Gasteiger partial charge in [0, 0.05) is 19.1 Å². The third-order valence-electron chi connectivity index (χ3n) is 2.87. The summed E-state index contributed by atoms with van der Waals surface area (Å²) < 4.78 is 13.6. The molecule has 0 aliphatic heterocycles. The second kappa shape index (κ2) is 6.48. The highest BCUT2D eigenvalue weighted by atomic mass is 19.1. The standard InChI is InChI=1S/C13H21FN2/c1-3-11(15)9-10-16(4-2)13-8-6-5-7-12(13)14/h5-8,11H,3-4,9-10,15H2,1-2H3. The number of nitrogens with two attached hydrogens (primary N) is 1. The van der Waals surface area contributed by atoms with Gasteiger partial charge in [0.2, 0.25) is 0 Å². The summed E-state index contributed by atoms with van der Waals surface area (Å²) in [5.74, 6) is -0.158. The Kier molecular flexibility index (Phi) is 5.26. The minimum absolute atomic E-state index is 0.158. The van der Waals surface area contributed by atoms with Crippen LogP contribution in [0.15, 0.2) is 24.3 Å². The molecule has 0 saturated carbocycles. The van der Waals surface area contributed by atoms with Crippen molar-refractivity contribution in [3.63, 3.8) is 0 Å². The number of hydrogen-bond donors (Lipinski definition) is 1. The van der Waals surface area contributed by atoms with Gasteiger partial charge in [-0.05, 0) is 31.9 Å². The lowest BCUT2D eigenvalue weighted by atomic mass is 10.1. The monoisotopic (exact) mass is 224 g/mol. The lowest BCUT2D eigenvalue weighted by Gasteiger charge is -2.24. The molecule has 90 valence electrons. The summed E-state index contributed by atoms with van der Waals surface area (Å²) in [5.41, 5.74) is 6.55. The third kappa shape index (κ3) is 3.49. The first-order valence-electron chi connectivity index (χ1n) is 5.94. The summed E-state index contributed by atoms with van der Waals surface area (Å²) in [6.07, 6.45) is 1.87. The van der Waals surface area contributed by atoms with E-state index in [4.69, 9.17) is 5.73 Å². The van der Waals surface area contributed by atoms with Gasteiger partial charge < -0.3 is 10.6 Å². The molecule has 0 heterocycles. The molecule has 2 N–H and O–H groups in total. The summed E-state index contributed by atoms with van der Waals surface area (Å²) in [6.45, 7) is 5.72. The van der Waals surface area contributed by atoms with Gasteiger partial charge in [-0.25, -0.2) is 4.39 Å². The summed E-state index contributed by atoms with van der Waals surface area (Å²) in [6, 6.07) is 7.10. The smallest absolute Gasteiger partial charge is 0.146 e. The molecule has 1 rings (SSSR count). The lowest BCUT2D eigenvalue weighted by molar-refractivity contribution is 0.573. The molecule has 0 fully saturated rings. The van der Waals surface area contributed by atoms with Crippen molar-refractivity contribution >= 4 is 5.69 Å². The largest absolute Gasteiger partial charge is 0.369 e. The lowest BCUT2D eigenvalue weighted by Crippen LogP contribution is -2.30. The molecule has 1 aromatic carbocycles. The SMILES string of the molecule is CCC(N)CCN(CC)c1ccccc1F. The Balaban J connectivity index is 2.64. The van der Waals surface area contributed by atoms with Crippen LogP contribution in [0.25, 0.3) is 0 Å². The number of halogens is 1. The fraction of sp³-hybridized carbons (Fsp3) is 0.538. The molecule has 0 aliphatic carbocycles. The van der Waals surface area contributed by atoms with Gasteiger partial charge in [-0.3, -0.25) is 0 Å². The third-order valence-corrected chi connectivity index (χ3v) is 2.87. The zero-order valence-corrected chi connectivity index (χ0v) is 10.1. The Labute approximate surface area is 97.3 Å². The fourth-order valence-corrected chi connectivity index (χ4v) is 1.68. The first-order chi connectivity index (χ1) is 7.69. The van der Waals surface area contributed by atoms with Gasteiger partial charge >= 0.3 is 0 Å². The second-order valence-electron chi connectivity index (χ2n) is 3.99. The Hall–Kier alpha value is -1.09. The highest BCUT2D eigenvalue weighted by Gasteiger charge is 2.10. The highest BCUT2D eigenvalue weighted by Crippen LogP contribution is 2.18. The summed E-state index contributed by atoms with van der Waals surface area (Å²) in [7, 11) is 0. The Morgan fingerprint density at radius 2 is 2.00 bits per heavy atom. The van der Waals surface area contributed by atoms with E-state index in [1.165, 1.54) is 6.07 Å². The van der Waals surface area contributed by atoms with Gasteiger partial charge in [0.1, 0.15) is 5.82 Å². The van der Waals surface area contributed by atoms with Crippen molar-refractivity contribution in [3.05, 3.63) is 30.1 Å². The number of para-hydroxylation sites is 1. The van der Waals surface area contributed by atoms with E-state index < -0.39 is 0 Å². The van der Waals surface area contributed by atoms with E-state index in [0.29, 0.717) is 5.69 Å². The number of anilines is 1. The first kappa shape index (κ1) is 13.0. The van der Waals surface area contributed by atoms with Crippen molar-refractivity contribution in [1.29, 1.82) is 0 Å². The van der Waals surface area contributed by atoms with E-state index in [2.05, 4.69) is 6.92 Å². The van der Waals surface area contributed by atoms with Crippen molar-refractivity contribution in [3.8, 4) is 0 Å².